The first kappa shape index (κ1) is 17.5. The maximum atomic E-state index is 12.0. The van der Waals surface area contributed by atoms with Gasteiger partial charge in [0.15, 0.2) is 6.61 Å². The molecule has 122 valence electrons. The molecule has 0 atom stereocenters. The van der Waals surface area contributed by atoms with Crippen molar-refractivity contribution in [2.45, 2.75) is 33.1 Å². The van der Waals surface area contributed by atoms with Crippen molar-refractivity contribution >= 4 is 27.5 Å². The van der Waals surface area contributed by atoms with Crippen molar-refractivity contribution in [2.75, 3.05) is 11.9 Å². The van der Waals surface area contributed by atoms with Crippen molar-refractivity contribution in [2.24, 2.45) is 0 Å². The summed E-state index contributed by atoms with van der Waals surface area (Å²) in [6, 6.07) is 13.7. The molecule has 4 heteroatoms. The van der Waals surface area contributed by atoms with Gasteiger partial charge in [0.1, 0.15) is 5.75 Å². The number of aryl methyl sites for hydroxylation is 2. The topological polar surface area (TPSA) is 38.3 Å². The minimum Gasteiger partial charge on any atom is -0.483 e. The average molecular weight is 376 g/mol. The van der Waals surface area contributed by atoms with Gasteiger partial charge in [-0.2, -0.15) is 0 Å². The second-order valence-electron chi connectivity index (χ2n) is 5.55. The monoisotopic (exact) mass is 375 g/mol. The van der Waals surface area contributed by atoms with Crippen LogP contribution in [0, 0.1) is 6.92 Å². The summed E-state index contributed by atoms with van der Waals surface area (Å²) in [6.07, 6.45) is 3.45. The predicted octanol–water partition coefficient (Wildman–Crippen LogP) is 5.12. The van der Waals surface area contributed by atoms with Gasteiger partial charge in [-0.1, -0.05) is 41.4 Å². The molecule has 0 heterocycles. The van der Waals surface area contributed by atoms with Gasteiger partial charge in [0.25, 0.3) is 5.91 Å². The highest BCUT2D eigenvalue weighted by Gasteiger charge is 2.06. The maximum Gasteiger partial charge on any atom is 0.262 e. The minimum atomic E-state index is -0.159. The molecule has 2 aromatic rings. The Morgan fingerprint density at radius 2 is 1.91 bits per heavy atom. The number of rotatable bonds is 7. The summed E-state index contributed by atoms with van der Waals surface area (Å²) in [5.74, 6) is 0.562. The Bertz CT molecular complexity index is 653. The summed E-state index contributed by atoms with van der Waals surface area (Å²) < 4.78 is 6.57. The van der Waals surface area contributed by atoms with Crippen LogP contribution in [0.3, 0.4) is 0 Å². The zero-order valence-corrected chi connectivity index (χ0v) is 15.2. The number of carbonyl (C=O) groups excluding carboxylic acids is 1. The van der Waals surface area contributed by atoms with E-state index in [2.05, 4.69) is 40.3 Å². The smallest absolute Gasteiger partial charge is 0.262 e. The molecular weight excluding hydrogens is 354 g/mol. The van der Waals surface area contributed by atoms with Gasteiger partial charge in [-0.15, -0.1) is 0 Å². The van der Waals surface area contributed by atoms with E-state index in [1.165, 1.54) is 18.4 Å². The van der Waals surface area contributed by atoms with Crippen LogP contribution in [0.2, 0.25) is 0 Å². The van der Waals surface area contributed by atoms with Crippen LogP contribution in [0.5, 0.6) is 5.75 Å². The van der Waals surface area contributed by atoms with E-state index < -0.39 is 0 Å². The predicted molar refractivity (Wildman–Crippen MR) is 98.1 cm³/mol. The molecule has 0 aliphatic carbocycles. The third-order valence-electron chi connectivity index (χ3n) is 3.55. The van der Waals surface area contributed by atoms with Crippen LogP contribution in [0.4, 0.5) is 5.69 Å². The number of carbonyl (C=O) groups is 1. The number of ether oxygens (including phenoxy) is 1. The first-order valence-corrected chi connectivity index (χ1v) is 8.65. The fourth-order valence-corrected chi connectivity index (χ4v) is 2.73. The van der Waals surface area contributed by atoms with Gasteiger partial charge < -0.3 is 10.1 Å². The van der Waals surface area contributed by atoms with Crippen LogP contribution in [0.1, 0.15) is 30.9 Å². The maximum absolute atomic E-state index is 12.0. The standard InChI is InChI=1S/C19H22BrNO2/c1-3-4-5-15-6-9-17(10-7-15)21-19(22)13-23-18-11-8-16(20)12-14(18)2/h6-12H,3-5,13H2,1-2H3,(H,21,22). The lowest BCUT2D eigenvalue weighted by molar-refractivity contribution is -0.118. The Morgan fingerprint density at radius 1 is 1.17 bits per heavy atom. The lowest BCUT2D eigenvalue weighted by Crippen LogP contribution is -2.20. The molecule has 0 aliphatic heterocycles. The van der Waals surface area contributed by atoms with E-state index >= 15 is 0 Å². The molecule has 0 saturated heterocycles. The number of hydrogen-bond acceptors (Lipinski definition) is 2. The quantitative estimate of drug-likeness (QED) is 0.729. The van der Waals surface area contributed by atoms with Gasteiger partial charge in [0.05, 0.1) is 0 Å². The first-order valence-electron chi connectivity index (χ1n) is 7.86. The normalized spacial score (nSPS) is 10.4. The molecule has 1 N–H and O–H groups in total. The molecular formula is C19H22BrNO2. The third kappa shape index (κ3) is 5.71. The molecule has 23 heavy (non-hydrogen) atoms. The highest BCUT2D eigenvalue weighted by molar-refractivity contribution is 9.10. The van der Waals surface area contributed by atoms with Gasteiger partial charge in [-0.05, 0) is 61.2 Å². The van der Waals surface area contributed by atoms with Crippen molar-refractivity contribution in [3.8, 4) is 5.75 Å². The van der Waals surface area contributed by atoms with Crippen LogP contribution in [0.15, 0.2) is 46.9 Å². The van der Waals surface area contributed by atoms with Crippen molar-refractivity contribution in [3.63, 3.8) is 0 Å². The highest BCUT2D eigenvalue weighted by atomic mass is 79.9. The van der Waals surface area contributed by atoms with Crippen molar-refractivity contribution in [1.29, 1.82) is 0 Å². The molecule has 2 rings (SSSR count). The van der Waals surface area contributed by atoms with E-state index in [9.17, 15) is 4.79 Å². The Labute approximate surface area is 146 Å². The van der Waals surface area contributed by atoms with E-state index in [-0.39, 0.29) is 12.5 Å². The number of hydrogen-bond donors (Lipinski definition) is 1. The Morgan fingerprint density at radius 3 is 2.57 bits per heavy atom. The van der Waals surface area contributed by atoms with Gasteiger partial charge in [0.2, 0.25) is 0 Å². The van der Waals surface area contributed by atoms with Gasteiger partial charge in [-0.3, -0.25) is 4.79 Å². The average Bonchev–Trinajstić information content (AvgIpc) is 2.53. The number of unbranched alkanes of at least 4 members (excludes halogenated alkanes) is 1. The highest BCUT2D eigenvalue weighted by Crippen LogP contribution is 2.22. The summed E-state index contributed by atoms with van der Waals surface area (Å²) in [5.41, 5.74) is 3.09. The van der Waals surface area contributed by atoms with Crippen molar-refractivity contribution in [1.82, 2.24) is 0 Å². The number of halogens is 1. The Balaban J connectivity index is 1.84. The minimum absolute atomic E-state index is 0.0000581. The summed E-state index contributed by atoms with van der Waals surface area (Å²) >= 11 is 3.41. The van der Waals surface area contributed by atoms with E-state index in [0.29, 0.717) is 0 Å². The van der Waals surface area contributed by atoms with Crippen LogP contribution in [-0.4, -0.2) is 12.5 Å². The molecule has 0 unspecified atom stereocenters. The Hall–Kier alpha value is -1.81. The third-order valence-corrected chi connectivity index (χ3v) is 4.05. The van der Waals surface area contributed by atoms with E-state index in [4.69, 9.17) is 4.74 Å². The molecule has 0 spiro atoms. The van der Waals surface area contributed by atoms with Crippen LogP contribution >= 0.6 is 15.9 Å². The number of anilines is 1. The number of benzene rings is 2. The van der Waals surface area contributed by atoms with Crippen LogP contribution in [0.25, 0.3) is 0 Å². The van der Waals surface area contributed by atoms with Crippen molar-refractivity contribution < 1.29 is 9.53 Å². The SMILES string of the molecule is CCCCc1ccc(NC(=O)COc2ccc(Br)cc2C)cc1. The van der Waals surface area contributed by atoms with Gasteiger partial charge in [0, 0.05) is 10.2 Å². The summed E-state index contributed by atoms with van der Waals surface area (Å²) in [6.45, 7) is 4.13. The fraction of sp³-hybridized carbons (Fsp3) is 0.316. The molecule has 0 fully saturated rings. The zero-order valence-electron chi connectivity index (χ0n) is 13.6. The molecule has 2 aromatic carbocycles. The fourth-order valence-electron chi connectivity index (χ4n) is 2.25. The largest absolute Gasteiger partial charge is 0.483 e. The first-order chi connectivity index (χ1) is 11.1. The molecule has 0 aromatic heterocycles. The number of amides is 1. The summed E-state index contributed by atoms with van der Waals surface area (Å²) in [7, 11) is 0. The molecule has 0 radical (unpaired) electrons. The summed E-state index contributed by atoms with van der Waals surface area (Å²) in [4.78, 5) is 12.0. The van der Waals surface area contributed by atoms with Gasteiger partial charge in [-0.25, -0.2) is 0 Å². The molecule has 1 amide bonds. The zero-order chi connectivity index (χ0) is 16.7. The van der Waals surface area contributed by atoms with Crippen molar-refractivity contribution in [3.05, 3.63) is 58.1 Å². The lowest BCUT2D eigenvalue weighted by atomic mass is 10.1. The molecule has 0 bridgehead atoms. The second kappa shape index (κ2) is 8.73. The van der Waals surface area contributed by atoms with E-state index in [1.807, 2.05) is 37.3 Å². The van der Waals surface area contributed by atoms with Crippen LogP contribution in [-0.2, 0) is 11.2 Å². The molecule has 0 saturated carbocycles. The lowest BCUT2D eigenvalue weighted by Gasteiger charge is -2.10. The summed E-state index contributed by atoms with van der Waals surface area (Å²) in [5, 5.41) is 2.85. The Kier molecular flexibility index (Phi) is 6.66. The number of nitrogens with one attached hydrogen (secondary N) is 1. The van der Waals surface area contributed by atoms with Gasteiger partial charge >= 0.3 is 0 Å². The van der Waals surface area contributed by atoms with E-state index in [0.717, 1.165) is 27.9 Å². The molecule has 3 nitrogen and oxygen atoms in total. The van der Waals surface area contributed by atoms with Crippen LogP contribution < -0.4 is 10.1 Å². The second-order valence-corrected chi connectivity index (χ2v) is 6.46. The molecule has 0 aliphatic rings. The van der Waals surface area contributed by atoms with E-state index in [1.54, 1.807) is 0 Å².